The molecule has 1 heteroatoms. The van der Waals surface area contributed by atoms with Crippen LogP contribution >= 0.6 is 0 Å². The minimum Gasteiger partial charge on any atom is -0.308 e. The van der Waals surface area contributed by atoms with Crippen LogP contribution in [0, 0.1) is 0 Å². The Morgan fingerprint density at radius 3 is 1.17 bits per heavy atom. The molecule has 12 aromatic carbocycles. The maximum atomic E-state index is 2.61. The van der Waals surface area contributed by atoms with Gasteiger partial charge in [0.05, 0.1) is 17.1 Å². The number of anilines is 3. The van der Waals surface area contributed by atoms with Crippen LogP contribution in [0.4, 0.5) is 17.1 Å². The summed E-state index contributed by atoms with van der Waals surface area (Å²) < 4.78 is 0. The number of hydrogen-bond donors (Lipinski definition) is 0. The molecule has 0 amide bonds. The van der Waals surface area contributed by atoms with Gasteiger partial charge in [0, 0.05) is 21.7 Å². The van der Waals surface area contributed by atoms with Gasteiger partial charge in [0.2, 0.25) is 0 Å². The molecule has 0 aromatic heterocycles. The summed E-state index contributed by atoms with van der Waals surface area (Å²) in [5.74, 6) is 0. The quantitative estimate of drug-likeness (QED) is 0.169. The van der Waals surface area contributed by atoms with Gasteiger partial charge in [-0.2, -0.15) is 0 Å². The van der Waals surface area contributed by atoms with E-state index in [2.05, 4.69) is 193 Å². The van der Waals surface area contributed by atoms with E-state index >= 15 is 0 Å². The monoisotopic (exact) mass is 669 g/mol. The minimum absolute atomic E-state index is 1.17. The highest BCUT2D eigenvalue weighted by Crippen LogP contribution is 2.53. The molecule has 0 aliphatic rings. The van der Waals surface area contributed by atoms with Crippen LogP contribution in [-0.4, -0.2) is 0 Å². The second kappa shape index (κ2) is 10.8. The van der Waals surface area contributed by atoms with Crippen LogP contribution in [0.3, 0.4) is 0 Å². The maximum Gasteiger partial charge on any atom is 0.0625 e. The van der Waals surface area contributed by atoms with E-state index in [9.17, 15) is 0 Å². The van der Waals surface area contributed by atoms with Crippen LogP contribution in [-0.2, 0) is 0 Å². The lowest BCUT2D eigenvalue weighted by Gasteiger charge is -2.33. The molecular formula is C52H31N. The summed E-state index contributed by atoms with van der Waals surface area (Å²) in [6, 6.07) is 70.1. The molecule has 0 aliphatic carbocycles. The molecule has 0 unspecified atom stereocenters. The van der Waals surface area contributed by atoms with Gasteiger partial charge in [-0.3, -0.25) is 0 Å². The summed E-state index contributed by atoms with van der Waals surface area (Å²) in [6.07, 6.45) is 0. The predicted octanol–water partition coefficient (Wildman–Crippen LogP) is 14.9. The van der Waals surface area contributed by atoms with E-state index in [-0.39, 0.29) is 0 Å². The Morgan fingerprint density at radius 1 is 0.245 bits per heavy atom. The second-order valence-electron chi connectivity index (χ2n) is 14.4. The number of rotatable bonds is 4. The van der Waals surface area contributed by atoms with Crippen molar-refractivity contribution in [3.8, 4) is 11.1 Å². The Labute approximate surface area is 306 Å². The van der Waals surface area contributed by atoms with Crippen molar-refractivity contribution < 1.29 is 0 Å². The molecule has 244 valence electrons. The fourth-order valence-electron chi connectivity index (χ4n) is 9.45. The van der Waals surface area contributed by atoms with Crippen molar-refractivity contribution in [2.75, 3.05) is 4.90 Å². The summed E-state index contributed by atoms with van der Waals surface area (Å²) in [6.45, 7) is 0. The zero-order valence-electron chi connectivity index (χ0n) is 28.8. The van der Waals surface area contributed by atoms with E-state index in [4.69, 9.17) is 0 Å². The standard InChI is InChI=1S/C52H31N/c1-2-10-32(11-3-1)51-41-18-6-4-16-39(41)40-17-5-7-19-42(40)52(51)53(45-30-26-37-22-20-33-12-8-14-35-24-28-43(45)49(37)47(33)35)46-31-27-38-23-21-34-13-9-15-36-25-29-44(46)50(38)48(34)36/h1-31H. The van der Waals surface area contributed by atoms with Crippen molar-refractivity contribution in [3.63, 3.8) is 0 Å². The molecule has 0 radical (unpaired) electrons. The van der Waals surface area contributed by atoms with E-state index in [1.807, 2.05) is 0 Å². The van der Waals surface area contributed by atoms with Gasteiger partial charge in [-0.25, -0.2) is 0 Å². The van der Waals surface area contributed by atoms with Gasteiger partial charge >= 0.3 is 0 Å². The first-order chi connectivity index (χ1) is 26.3. The molecule has 0 N–H and O–H groups in total. The fraction of sp³-hybridized carbons (Fsp3) is 0. The summed E-state index contributed by atoms with van der Waals surface area (Å²) in [7, 11) is 0. The van der Waals surface area contributed by atoms with Gasteiger partial charge in [-0.15, -0.1) is 0 Å². The van der Waals surface area contributed by atoms with Crippen molar-refractivity contribution in [3.05, 3.63) is 188 Å². The molecule has 0 saturated heterocycles. The van der Waals surface area contributed by atoms with E-state index in [0.29, 0.717) is 0 Å². The first-order valence-electron chi connectivity index (χ1n) is 18.4. The molecule has 0 aliphatic heterocycles. The Hall–Kier alpha value is -6.96. The lowest BCUT2D eigenvalue weighted by molar-refractivity contribution is 1.34. The summed E-state index contributed by atoms with van der Waals surface area (Å²) in [5, 5.41) is 20.3. The van der Waals surface area contributed by atoms with Crippen molar-refractivity contribution in [2.24, 2.45) is 0 Å². The molecule has 1 nitrogen and oxygen atoms in total. The third kappa shape index (κ3) is 3.97. The van der Waals surface area contributed by atoms with E-state index in [0.717, 1.165) is 0 Å². The maximum absolute atomic E-state index is 2.61. The Morgan fingerprint density at radius 2 is 0.642 bits per heavy atom. The Balaban J connectivity index is 1.32. The molecule has 0 heterocycles. The highest BCUT2D eigenvalue weighted by Gasteiger charge is 2.27. The normalized spacial score (nSPS) is 12.2. The van der Waals surface area contributed by atoms with Gasteiger partial charge in [-0.05, 0) is 87.7 Å². The van der Waals surface area contributed by atoms with E-state index in [1.165, 1.54) is 114 Å². The topological polar surface area (TPSA) is 3.24 Å². The molecule has 0 spiro atoms. The molecular weight excluding hydrogens is 639 g/mol. The summed E-state index contributed by atoms with van der Waals surface area (Å²) >= 11 is 0. The molecule has 0 saturated carbocycles. The van der Waals surface area contributed by atoms with Crippen molar-refractivity contribution in [1.29, 1.82) is 0 Å². The van der Waals surface area contributed by atoms with Crippen LogP contribution in [0.25, 0.3) is 97.3 Å². The van der Waals surface area contributed by atoms with Crippen LogP contribution < -0.4 is 4.90 Å². The molecule has 12 rings (SSSR count). The number of fused-ring (bicyclic) bond motifs is 3. The van der Waals surface area contributed by atoms with Crippen LogP contribution in [0.15, 0.2) is 188 Å². The third-order valence-corrected chi connectivity index (χ3v) is 11.7. The summed E-state index contributed by atoms with van der Waals surface area (Å²) in [4.78, 5) is 2.61. The largest absolute Gasteiger partial charge is 0.308 e. The molecule has 0 fully saturated rings. The Bertz CT molecular complexity index is 3210. The van der Waals surface area contributed by atoms with Gasteiger partial charge < -0.3 is 4.90 Å². The minimum atomic E-state index is 1.17. The molecule has 0 bridgehead atoms. The molecule has 0 atom stereocenters. The second-order valence-corrected chi connectivity index (χ2v) is 14.4. The lowest BCUT2D eigenvalue weighted by atomic mass is 9.88. The van der Waals surface area contributed by atoms with E-state index < -0.39 is 0 Å². The Kier molecular flexibility index (Phi) is 5.84. The smallest absolute Gasteiger partial charge is 0.0625 e. The van der Waals surface area contributed by atoms with Crippen molar-refractivity contribution in [2.45, 2.75) is 0 Å². The van der Waals surface area contributed by atoms with Gasteiger partial charge in [-0.1, -0.05) is 176 Å². The molecule has 12 aromatic rings. The zero-order chi connectivity index (χ0) is 34.6. The summed E-state index contributed by atoms with van der Waals surface area (Å²) in [5.41, 5.74) is 5.96. The highest BCUT2D eigenvalue weighted by molar-refractivity contribution is 6.30. The predicted molar refractivity (Wildman–Crippen MR) is 229 cm³/mol. The van der Waals surface area contributed by atoms with Crippen LogP contribution in [0.2, 0.25) is 0 Å². The van der Waals surface area contributed by atoms with Gasteiger partial charge in [0.15, 0.2) is 0 Å². The zero-order valence-corrected chi connectivity index (χ0v) is 28.8. The average molecular weight is 670 g/mol. The first kappa shape index (κ1) is 28.7. The van der Waals surface area contributed by atoms with Crippen LogP contribution in [0.1, 0.15) is 0 Å². The third-order valence-electron chi connectivity index (χ3n) is 11.7. The van der Waals surface area contributed by atoms with Gasteiger partial charge in [0.25, 0.3) is 0 Å². The number of benzene rings is 12. The number of hydrogen-bond acceptors (Lipinski definition) is 1. The van der Waals surface area contributed by atoms with Crippen molar-refractivity contribution in [1.82, 2.24) is 0 Å². The van der Waals surface area contributed by atoms with E-state index in [1.54, 1.807) is 0 Å². The van der Waals surface area contributed by atoms with Crippen molar-refractivity contribution >= 4 is 103 Å². The highest BCUT2D eigenvalue weighted by atomic mass is 15.2. The fourth-order valence-corrected chi connectivity index (χ4v) is 9.45. The van der Waals surface area contributed by atoms with Crippen LogP contribution in [0.5, 0.6) is 0 Å². The molecule has 53 heavy (non-hydrogen) atoms. The van der Waals surface area contributed by atoms with Gasteiger partial charge in [0.1, 0.15) is 0 Å². The number of nitrogens with zero attached hydrogens (tertiary/aromatic N) is 1. The average Bonchev–Trinajstić information content (AvgIpc) is 3.23. The SMILES string of the molecule is c1ccc(-c2c(N(c3ccc4ccc5cccc6ccc3c4c56)c3ccc4ccc5cccc6ccc3c4c56)c3ccccc3c3ccccc23)cc1. The first-order valence-corrected chi connectivity index (χ1v) is 18.4. The lowest BCUT2D eigenvalue weighted by Crippen LogP contribution is -2.13.